The Hall–Kier alpha value is -3.00. The van der Waals surface area contributed by atoms with Gasteiger partial charge in [-0.05, 0) is 25.1 Å². The number of sulfonamides is 1. The van der Waals surface area contributed by atoms with Crippen LogP contribution in [0.4, 0.5) is 11.4 Å². The summed E-state index contributed by atoms with van der Waals surface area (Å²) < 4.78 is 27.6. The van der Waals surface area contributed by atoms with E-state index in [0.29, 0.717) is 5.52 Å². The molecule has 3 aromatic rings. The number of anilines is 1. The lowest BCUT2D eigenvalue weighted by molar-refractivity contribution is -0.387. The summed E-state index contributed by atoms with van der Waals surface area (Å²) in [5.41, 5.74) is 1.02. The topological polar surface area (TPSA) is 102 Å². The predicted octanol–water partition coefficient (Wildman–Crippen LogP) is 3.25. The summed E-state index contributed by atoms with van der Waals surface area (Å²) in [7, 11) is -4.12. The van der Waals surface area contributed by atoms with Gasteiger partial charge in [-0.25, -0.2) is 8.42 Å². The molecule has 0 aliphatic carbocycles. The average molecular weight is 343 g/mol. The maximum Gasteiger partial charge on any atom is 0.289 e. The van der Waals surface area contributed by atoms with E-state index in [1.807, 2.05) is 18.2 Å². The lowest BCUT2D eigenvalue weighted by atomic mass is 10.2. The number of para-hydroxylation sites is 2. The van der Waals surface area contributed by atoms with Crippen molar-refractivity contribution < 1.29 is 13.3 Å². The quantitative estimate of drug-likeness (QED) is 0.578. The van der Waals surface area contributed by atoms with Crippen LogP contribution in [0.15, 0.2) is 59.5 Å². The number of nitrogens with one attached hydrogen (secondary N) is 1. The standard InChI is InChI=1S/C16H13N3O4S/c1-11-9-10-12-5-4-6-13(16(12)17-11)18-24(22,23)15-8-3-2-7-14(15)19(20)21/h2-10,18H,1H3. The van der Waals surface area contributed by atoms with Gasteiger partial charge in [0.05, 0.1) is 16.1 Å². The summed E-state index contributed by atoms with van der Waals surface area (Å²) in [6.45, 7) is 1.80. The number of hydrogen-bond donors (Lipinski definition) is 1. The van der Waals surface area contributed by atoms with Crippen molar-refractivity contribution in [3.05, 3.63) is 70.4 Å². The smallest absolute Gasteiger partial charge is 0.277 e. The lowest BCUT2D eigenvalue weighted by Gasteiger charge is -2.10. The van der Waals surface area contributed by atoms with Gasteiger partial charge in [0.2, 0.25) is 0 Å². The fourth-order valence-corrected chi connectivity index (χ4v) is 3.60. The van der Waals surface area contributed by atoms with Crippen LogP contribution in [0.3, 0.4) is 0 Å². The third-order valence-corrected chi connectivity index (χ3v) is 4.87. The number of hydrogen-bond acceptors (Lipinski definition) is 5. The fourth-order valence-electron chi connectivity index (χ4n) is 2.36. The van der Waals surface area contributed by atoms with E-state index in [1.54, 1.807) is 19.1 Å². The highest BCUT2D eigenvalue weighted by Gasteiger charge is 2.25. The Bertz CT molecular complexity index is 1050. The first-order valence-electron chi connectivity index (χ1n) is 7.01. The first-order valence-corrected chi connectivity index (χ1v) is 8.49. The molecule has 0 unspecified atom stereocenters. The van der Waals surface area contributed by atoms with Crippen molar-refractivity contribution >= 4 is 32.3 Å². The molecular weight excluding hydrogens is 330 g/mol. The largest absolute Gasteiger partial charge is 0.289 e. The number of nitro groups is 1. The molecule has 0 radical (unpaired) electrons. The van der Waals surface area contributed by atoms with Crippen molar-refractivity contribution in [3.63, 3.8) is 0 Å². The summed E-state index contributed by atoms with van der Waals surface area (Å²) in [5.74, 6) is 0. The van der Waals surface area contributed by atoms with Gasteiger partial charge in [0, 0.05) is 17.1 Å². The van der Waals surface area contributed by atoms with E-state index in [4.69, 9.17) is 0 Å². The second kappa shape index (κ2) is 5.89. The molecule has 1 aromatic heterocycles. The predicted molar refractivity (Wildman–Crippen MR) is 90.4 cm³/mol. The zero-order valence-corrected chi connectivity index (χ0v) is 13.4. The lowest BCUT2D eigenvalue weighted by Crippen LogP contribution is -2.15. The van der Waals surface area contributed by atoms with Gasteiger partial charge in [-0.1, -0.05) is 30.3 Å². The molecule has 2 aromatic carbocycles. The Labute approximate surface area is 138 Å². The Balaban J connectivity index is 2.12. The van der Waals surface area contributed by atoms with Crippen molar-refractivity contribution in [2.75, 3.05) is 4.72 Å². The molecule has 0 saturated carbocycles. The van der Waals surface area contributed by atoms with Crippen LogP contribution in [0, 0.1) is 17.0 Å². The average Bonchev–Trinajstić information content (AvgIpc) is 2.55. The normalized spacial score (nSPS) is 11.4. The zero-order chi connectivity index (χ0) is 17.3. The SMILES string of the molecule is Cc1ccc2cccc(NS(=O)(=O)c3ccccc3[N+](=O)[O-])c2n1. The number of nitro benzene ring substituents is 1. The van der Waals surface area contributed by atoms with Crippen LogP contribution in [-0.2, 0) is 10.0 Å². The summed E-state index contributed by atoms with van der Waals surface area (Å²) in [5, 5.41) is 11.8. The van der Waals surface area contributed by atoms with E-state index in [9.17, 15) is 18.5 Å². The molecule has 8 heteroatoms. The Morgan fingerprint density at radius 2 is 1.79 bits per heavy atom. The highest BCUT2D eigenvalue weighted by molar-refractivity contribution is 7.92. The Kier molecular flexibility index (Phi) is 3.90. The van der Waals surface area contributed by atoms with Gasteiger partial charge in [0.25, 0.3) is 15.7 Å². The van der Waals surface area contributed by atoms with Gasteiger partial charge in [-0.3, -0.25) is 19.8 Å². The molecule has 0 aliphatic heterocycles. The maximum absolute atomic E-state index is 12.6. The van der Waals surface area contributed by atoms with Gasteiger partial charge >= 0.3 is 0 Å². The first kappa shape index (κ1) is 15.9. The van der Waals surface area contributed by atoms with E-state index < -0.39 is 20.6 Å². The number of aryl methyl sites for hydroxylation is 1. The molecule has 0 fully saturated rings. The van der Waals surface area contributed by atoms with Crippen molar-refractivity contribution in [2.45, 2.75) is 11.8 Å². The molecule has 0 saturated heterocycles. The summed E-state index contributed by atoms with van der Waals surface area (Å²) >= 11 is 0. The minimum atomic E-state index is -4.12. The number of benzene rings is 2. The zero-order valence-electron chi connectivity index (χ0n) is 12.6. The number of rotatable bonds is 4. The molecule has 122 valence electrons. The molecule has 24 heavy (non-hydrogen) atoms. The number of fused-ring (bicyclic) bond motifs is 1. The van der Waals surface area contributed by atoms with Crippen LogP contribution in [-0.4, -0.2) is 18.3 Å². The highest BCUT2D eigenvalue weighted by atomic mass is 32.2. The van der Waals surface area contributed by atoms with Crippen molar-refractivity contribution in [3.8, 4) is 0 Å². The van der Waals surface area contributed by atoms with Gasteiger partial charge in [-0.15, -0.1) is 0 Å². The number of nitrogens with zero attached hydrogens (tertiary/aromatic N) is 2. The molecule has 0 aliphatic rings. The molecule has 7 nitrogen and oxygen atoms in total. The van der Waals surface area contributed by atoms with Crippen LogP contribution in [0.2, 0.25) is 0 Å². The van der Waals surface area contributed by atoms with Gasteiger partial charge in [0.15, 0.2) is 4.90 Å². The van der Waals surface area contributed by atoms with E-state index in [2.05, 4.69) is 9.71 Å². The number of pyridine rings is 1. The van der Waals surface area contributed by atoms with Crippen LogP contribution in [0.1, 0.15) is 5.69 Å². The van der Waals surface area contributed by atoms with E-state index in [1.165, 1.54) is 18.2 Å². The van der Waals surface area contributed by atoms with E-state index in [0.717, 1.165) is 17.1 Å². The fraction of sp³-hybridized carbons (Fsp3) is 0.0625. The van der Waals surface area contributed by atoms with Crippen molar-refractivity contribution in [1.82, 2.24) is 4.98 Å². The number of aromatic nitrogens is 1. The third kappa shape index (κ3) is 2.91. The first-order chi connectivity index (χ1) is 11.4. The van der Waals surface area contributed by atoms with E-state index in [-0.39, 0.29) is 10.6 Å². The second-order valence-corrected chi connectivity index (χ2v) is 6.81. The third-order valence-electron chi connectivity index (χ3n) is 3.46. The van der Waals surface area contributed by atoms with Gasteiger partial charge in [0.1, 0.15) is 0 Å². The molecule has 0 spiro atoms. The minimum absolute atomic E-state index is 0.273. The van der Waals surface area contributed by atoms with Gasteiger partial charge < -0.3 is 0 Å². The molecule has 1 heterocycles. The Morgan fingerprint density at radius 1 is 1.04 bits per heavy atom. The monoisotopic (exact) mass is 343 g/mol. The second-order valence-electron chi connectivity index (χ2n) is 5.16. The van der Waals surface area contributed by atoms with Crippen molar-refractivity contribution in [1.29, 1.82) is 0 Å². The van der Waals surface area contributed by atoms with E-state index >= 15 is 0 Å². The molecule has 1 N–H and O–H groups in total. The van der Waals surface area contributed by atoms with Crippen LogP contribution in [0.5, 0.6) is 0 Å². The molecule has 0 atom stereocenters. The maximum atomic E-state index is 12.6. The molecule has 0 bridgehead atoms. The highest BCUT2D eigenvalue weighted by Crippen LogP contribution is 2.28. The van der Waals surface area contributed by atoms with Crippen molar-refractivity contribution in [2.24, 2.45) is 0 Å². The van der Waals surface area contributed by atoms with Crippen LogP contribution in [0.25, 0.3) is 10.9 Å². The minimum Gasteiger partial charge on any atom is -0.277 e. The van der Waals surface area contributed by atoms with Gasteiger partial charge in [-0.2, -0.15) is 0 Å². The molecule has 3 rings (SSSR count). The van der Waals surface area contributed by atoms with Crippen LogP contribution >= 0.6 is 0 Å². The summed E-state index contributed by atoms with van der Waals surface area (Å²) in [6, 6.07) is 13.9. The molecular formula is C16H13N3O4S. The summed E-state index contributed by atoms with van der Waals surface area (Å²) in [6.07, 6.45) is 0. The summed E-state index contributed by atoms with van der Waals surface area (Å²) in [4.78, 5) is 14.3. The van der Waals surface area contributed by atoms with Crippen LogP contribution < -0.4 is 4.72 Å². The Morgan fingerprint density at radius 3 is 2.54 bits per heavy atom. The molecule has 0 amide bonds.